The summed E-state index contributed by atoms with van der Waals surface area (Å²) in [5.41, 5.74) is 0.977. The van der Waals surface area contributed by atoms with Gasteiger partial charge >= 0.3 is 0 Å². The van der Waals surface area contributed by atoms with Crippen LogP contribution in [-0.2, 0) is 18.5 Å². The normalized spacial score (nSPS) is 17.8. The van der Waals surface area contributed by atoms with E-state index in [9.17, 15) is 4.79 Å². The van der Waals surface area contributed by atoms with Crippen molar-refractivity contribution in [2.24, 2.45) is 0 Å². The number of carbonyl (C=O) groups excluding carboxylic acids is 1. The van der Waals surface area contributed by atoms with Crippen LogP contribution in [0.4, 0.5) is 5.95 Å². The molecule has 0 radical (unpaired) electrons. The molecule has 0 atom stereocenters. The zero-order chi connectivity index (χ0) is 22.0. The molecule has 1 aromatic carbocycles. The molecule has 166 valence electrons. The average Bonchev–Trinajstić information content (AvgIpc) is 3.29. The Hall–Kier alpha value is -3.33. The zero-order valence-corrected chi connectivity index (χ0v) is 18.3. The van der Waals surface area contributed by atoms with Gasteiger partial charge in [-0.25, -0.2) is 9.97 Å². The topological polar surface area (TPSA) is 92.1 Å². The van der Waals surface area contributed by atoms with E-state index in [2.05, 4.69) is 54.5 Å². The molecule has 0 bridgehead atoms. The highest BCUT2D eigenvalue weighted by Gasteiger charge is 2.47. The smallest absolute Gasteiger partial charge is 0.289 e. The summed E-state index contributed by atoms with van der Waals surface area (Å²) >= 11 is 0. The molecule has 3 aromatic rings. The number of piperidine rings is 1. The molecule has 5 rings (SSSR count). The lowest BCUT2D eigenvalue weighted by molar-refractivity contribution is 0.0479. The third-order valence-electron chi connectivity index (χ3n) is 6.73. The van der Waals surface area contributed by atoms with Gasteiger partial charge in [0.1, 0.15) is 0 Å². The Morgan fingerprint density at radius 3 is 2.50 bits per heavy atom. The fourth-order valence-corrected chi connectivity index (χ4v) is 4.84. The van der Waals surface area contributed by atoms with Gasteiger partial charge in [-0.05, 0) is 37.9 Å². The van der Waals surface area contributed by atoms with Crippen molar-refractivity contribution < 1.29 is 4.79 Å². The number of hydrogen-bond donors (Lipinski definition) is 1. The standard InChI is InChI=1S/C23H28N8O/c1-29-16-17-31-19(20(32)24-13-8-18-6-3-2-4-7-18)27-28-21(31)23(29)9-14-30(15-10-23)22-25-11-5-12-26-22/h2-7,11-12H,8-10,13-17H2,1H3,(H,24,32). The van der Waals surface area contributed by atoms with E-state index < -0.39 is 0 Å². The maximum Gasteiger partial charge on any atom is 0.289 e. The average molecular weight is 433 g/mol. The zero-order valence-electron chi connectivity index (χ0n) is 18.3. The van der Waals surface area contributed by atoms with E-state index in [0.29, 0.717) is 18.9 Å². The molecular formula is C23H28N8O. The van der Waals surface area contributed by atoms with Crippen LogP contribution in [0.25, 0.3) is 0 Å². The molecule has 2 aliphatic rings. The number of aromatic nitrogens is 5. The Bertz CT molecular complexity index is 1060. The summed E-state index contributed by atoms with van der Waals surface area (Å²) in [6.07, 6.45) is 6.11. The Kier molecular flexibility index (Phi) is 5.57. The molecule has 2 aromatic heterocycles. The second-order valence-electron chi connectivity index (χ2n) is 8.48. The molecule has 2 aliphatic heterocycles. The van der Waals surface area contributed by atoms with Crippen molar-refractivity contribution in [1.82, 2.24) is 34.9 Å². The third kappa shape index (κ3) is 3.73. The van der Waals surface area contributed by atoms with Crippen molar-refractivity contribution in [3.8, 4) is 0 Å². The summed E-state index contributed by atoms with van der Waals surface area (Å²) in [4.78, 5) is 26.3. The largest absolute Gasteiger partial charge is 0.349 e. The van der Waals surface area contributed by atoms with Gasteiger partial charge in [-0.1, -0.05) is 30.3 Å². The number of amides is 1. The molecule has 1 spiro atoms. The van der Waals surface area contributed by atoms with E-state index in [1.165, 1.54) is 5.56 Å². The lowest BCUT2D eigenvalue weighted by Crippen LogP contribution is -2.56. The highest BCUT2D eigenvalue weighted by molar-refractivity contribution is 5.90. The summed E-state index contributed by atoms with van der Waals surface area (Å²) in [7, 11) is 2.15. The van der Waals surface area contributed by atoms with Crippen molar-refractivity contribution in [1.29, 1.82) is 0 Å². The predicted octanol–water partition coefficient (Wildman–Crippen LogP) is 1.48. The SMILES string of the molecule is CN1CCn2c(C(=O)NCCc3ccccc3)nnc2C12CCN(c1ncccn1)CC2. The second kappa shape index (κ2) is 8.66. The van der Waals surface area contributed by atoms with Crippen LogP contribution in [0.2, 0.25) is 0 Å². The van der Waals surface area contributed by atoms with Crippen LogP contribution in [0.3, 0.4) is 0 Å². The summed E-state index contributed by atoms with van der Waals surface area (Å²) < 4.78 is 2.02. The Balaban J connectivity index is 1.30. The summed E-state index contributed by atoms with van der Waals surface area (Å²) in [6, 6.07) is 12.0. The lowest BCUT2D eigenvalue weighted by atomic mass is 9.83. The van der Waals surface area contributed by atoms with E-state index in [-0.39, 0.29) is 11.4 Å². The molecule has 0 aliphatic carbocycles. The predicted molar refractivity (Wildman–Crippen MR) is 120 cm³/mol. The van der Waals surface area contributed by atoms with Crippen molar-refractivity contribution in [2.45, 2.75) is 31.3 Å². The van der Waals surface area contributed by atoms with E-state index in [1.54, 1.807) is 12.4 Å². The Morgan fingerprint density at radius 1 is 1.00 bits per heavy atom. The number of fused-ring (bicyclic) bond motifs is 2. The Morgan fingerprint density at radius 2 is 1.75 bits per heavy atom. The van der Waals surface area contributed by atoms with Crippen LogP contribution in [0, 0.1) is 0 Å². The van der Waals surface area contributed by atoms with Gasteiger partial charge < -0.3 is 14.8 Å². The van der Waals surface area contributed by atoms with Gasteiger partial charge in [0, 0.05) is 45.1 Å². The summed E-state index contributed by atoms with van der Waals surface area (Å²) in [5.74, 6) is 1.91. The van der Waals surface area contributed by atoms with Crippen molar-refractivity contribution in [2.75, 3.05) is 38.1 Å². The monoisotopic (exact) mass is 432 g/mol. The first-order valence-corrected chi connectivity index (χ1v) is 11.2. The van der Waals surface area contributed by atoms with Crippen molar-refractivity contribution in [3.05, 3.63) is 66.0 Å². The van der Waals surface area contributed by atoms with Gasteiger partial charge in [0.25, 0.3) is 5.91 Å². The fourth-order valence-electron chi connectivity index (χ4n) is 4.84. The molecule has 0 unspecified atom stereocenters. The molecule has 1 saturated heterocycles. The third-order valence-corrected chi connectivity index (χ3v) is 6.73. The van der Waals surface area contributed by atoms with E-state index in [4.69, 9.17) is 0 Å². The van der Waals surface area contributed by atoms with E-state index in [1.807, 2.05) is 28.8 Å². The van der Waals surface area contributed by atoms with E-state index >= 15 is 0 Å². The molecule has 32 heavy (non-hydrogen) atoms. The fraction of sp³-hybridized carbons (Fsp3) is 0.435. The quantitative estimate of drug-likeness (QED) is 0.653. The van der Waals surface area contributed by atoms with Gasteiger partial charge in [0.2, 0.25) is 11.8 Å². The maximum atomic E-state index is 12.9. The minimum atomic E-state index is -0.223. The van der Waals surface area contributed by atoms with Crippen LogP contribution >= 0.6 is 0 Å². The number of carbonyl (C=O) groups is 1. The first kappa shape index (κ1) is 20.6. The highest BCUT2D eigenvalue weighted by Crippen LogP contribution is 2.40. The van der Waals surface area contributed by atoms with Gasteiger partial charge in [-0.3, -0.25) is 9.69 Å². The number of nitrogens with one attached hydrogen (secondary N) is 1. The Labute approximate surface area is 187 Å². The van der Waals surface area contributed by atoms with Crippen molar-refractivity contribution >= 4 is 11.9 Å². The molecule has 4 heterocycles. The molecule has 1 fully saturated rings. The van der Waals surface area contributed by atoms with Crippen LogP contribution in [0.1, 0.15) is 34.8 Å². The number of benzene rings is 1. The minimum absolute atomic E-state index is 0.158. The van der Waals surface area contributed by atoms with Crippen molar-refractivity contribution in [3.63, 3.8) is 0 Å². The summed E-state index contributed by atoms with van der Waals surface area (Å²) in [5, 5.41) is 11.9. The molecule has 9 nitrogen and oxygen atoms in total. The van der Waals surface area contributed by atoms with E-state index in [0.717, 1.165) is 50.7 Å². The van der Waals surface area contributed by atoms with Gasteiger partial charge in [0.05, 0.1) is 5.54 Å². The number of rotatable bonds is 5. The molecule has 1 N–H and O–H groups in total. The highest BCUT2D eigenvalue weighted by atomic mass is 16.2. The minimum Gasteiger partial charge on any atom is -0.349 e. The number of nitrogens with zero attached hydrogens (tertiary/aromatic N) is 7. The number of hydrogen-bond acceptors (Lipinski definition) is 7. The van der Waals surface area contributed by atoms with Crippen LogP contribution < -0.4 is 10.2 Å². The lowest BCUT2D eigenvalue weighted by Gasteiger charge is -2.49. The van der Waals surface area contributed by atoms with Gasteiger partial charge in [-0.15, -0.1) is 10.2 Å². The summed E-state index contributed by atoms with van der Waals surface area (Å²) in [6.45, 7) is 3.81. The molecule has 9 heteroatoms. The first-order chi connectivity index (χ1) is 15.7. The number of anilines is 1. The van der Waals surface area contributed by atoms with Gasteiger partial charge in [0.15, 0.2) is 5.82 Å². The molecular weight excluding hydrogens is 404 g/mol. The van der Waals surface area contributed by atoms with Gasteiger partial charge in [-0.2, -0.15) is 0 Å². The second-order valence-corrected chi connectivity index (χ2v) is 8.48. The van der Waals surface area contributed by atoms with Crippen LogP contribution in [0.15, 0.2) is 48.8 Å². The molecule has 0 saturated carbocycles. The maximum absolute atomic E-state index is 12.9. The number of likely N-dealkylation sites (N-methyl/N-ethyl adjacent to an activating group) is 1. The first-order valence-electron chi connectivity index (χ1n) is 11.2. The van der Waals surface area contributed by atoms with Crippen LogP contribution in [0.5, 0.6) is 0 Å². The molecule has 1 amide bonds. The van der Waals surface area contributed by atoms with Crippen LogP contribution in [-0.4, -0.2) is 68.8 Å².